The molecule has 1 fully saturated rings. The van der Waals surface area contributed by atoms with Gasteiger partial charge >= 0.3 is 0 Å². The van der Waals surface area contributed by atoms with Crippen molar-refractivity contribution in [2.45, 2.75) is 25.8 Å². The van der Waals surface area contributed by atoms with Crippen molar-refractivity contribution in [1.82, 2.24) is 20.0 Å². The molecule has 134 valence electrons. The average molecular weight is 360 g/mol. The van der Waals surface area contributed by atoms with E-state index >= 15 is 0 Å². The SMILES string of the molecule is CC1CCN([C@H](CNC(=O)c2ccc(=O)n(C)n2)c2cccs2)CC1. The number of rotatable bonds is 5. The quantitative estimate of drug-likeness (QED) is 0.886. The number of aromatic nitrogens is 2. The average Bonchev–Trinajstić information content (AvgIpc) is 3.13. The number of nitrogens with one attached hydrogen (secondary N) is 1. The zero-order valence-electron chi connectivity index (χ0n) is 14.6. The summed E-state index contributed by atoms with van der Waals surface area (Å²) in [5.41, 5.74) is 0.0368. The number of aryl methyl sites for hydroxylation is 1. The summed E-state index contributed by atoms with van der Waals surface area (Å²) in [5.74, 6) is 0.521. The summed E-state index contributed by atoms with van der Waals surface area (Å²) in [7, 11) is 1.54. The number of thiophene rings is 1. The summed E-state index contributed by atoms with van der Waals surface area (Å²) in [6, 6.07) is 7.20. The van der Waals surface area contributed by atoms with Gasteiger partial charge in [-0.25, -0.2) is 4.68 Å². The lowest BCUT2D eigenvalue weighted by Crippen LogP contribution is -2.42. The Hall–Kier alpha value is -1.99. The lowest BCUT2D eigenvalue weighted by molar-refractivity contribution is 0.0908. The maximum absolute atomic E-state index is 12.4. The second-order valence-electron chi connectivity index (χ2n) is 6.64. The summed E-state index contributed by atoms with van der Waals surface area (Å²) in [6.45, 7) is 4.94. The second-order valence-corrected chi connectivity index (χ2v) is 7.62. The standard InChI is InChI=1S/C18H24N4O2S/c1-13-7-9-22(10-8-13)15(16-4-3-11-25-16)12-19-18(24)14-5-6-17(23)21(2)20-14/h3-6,11,13,15H,7-10,12H2,1-2H3,(H,19,24)/t15-/m1/s1. The topological polar surface area (TPSA) is 67.2 Å². The van der Waals surface area contributed by atoms with Gasteiger partial charge in [-0.2, -0.15) is 5.10 Å². The van der Waals surface area contributed by atoms with Crippen LogP contribution in [0.3, 0.4) is 0 Å². The third-order valence-electron chi connectivity index (χ3n) is 4.78. The van der Waals surface area contributed by atoms with Crippen LogP contribution in [0.15, 0.2) is 34.4 Å². The zero-order chi connectivity index (χ0) is 17.8. The molecular formula is C18H24N4O2S. The van der Waals surface area contributed by atoms with Crippen LogP contribution in [0, 0.1) is 5.92 Å². The minimum atomic E-state index is -0.248. The van der Waals surface area contributed by atoms with E-state index < -0.39 is 0 Å². The van der Waals surface area contributed by atoms with E-state index in [-0.39, 0.29) is 23.2 Å². The first-order valence-corrected chi connectivity index (χ1v) is 9.52. The minimum Gasteiger partial charge on any atom is -0.349 e. The zero-order valence-corrected chi connectivity index (χ0v) is 15.5. The molecule has 25 heavy (non-hydrogen) atoms. The Labute approximate surface area is 151 Å². The van der Waals surface area contributed by atoms with Crippen LogP contribution in [0.5, 0.6) is 0 Å². The van der Waals surface area contributed by atoms with Gasteiger partial charge in [0.15, 0.2) is 0 Å². The number of piperidine rings is 1. The van der Waals surface area contributed by atoms with Crippen LogP contribution < -0.4 is 10.9 Å². The molecule has 7 heteroatoms. The molecule has 1 atom stereocenters. The van der Waals surface area contributed by atoms with Crippen LogP contribution in [0.1, 0.15) is 41.2 Å². The van der Waals surface area contributed by atoms with Gasteiger partial charge in [-0.05, 0) is 49.4 Å². The van der Waals surface area contributed by atoms with Gasteiger partial charge in [0.1, 0.15) is 5.69 Å². The predicted octanol–water partition coefficient (Wildman–Crippen LogP) is 2.04. The molecular weight excluding hydrogens is 336 g/mol. The first-order chi connectivity index (χ1) is 12.0. The summed E-state index contributed by atoms with van der Waals surface area (Å²) < 4.78 is 1.18. The molecule has 3 rings (SSSR count). The number of hydrogen-bond donors (Lipinski definition) is 1. The largest absolute Gasteiger partial charge is 0.349 e. The van der Waals surface area contributed by atoms with Gasteiger partial charge < -0.3 is 5.32 Å². The van der Waals surface area contributed by atoms with E-state index in [2.05, 4.69) is 39.8 Å². The Balaban J connectivity index is 1.69. The van der Waals surface area contributed by atoms with Crippen molar-refractivity contribution >= 4 is 17.2 Å². The summed E-state index contributed by atoms with van der Waals surface area (Å²) in [4.78, 5) is 27.6. The lowest BCUT2D eigenvalue weighted by Gasteiger charge is -2.36. The highest BCUT2D eigenvalue weighted by Crippen LogP contribution is 2.29. The van der Waals surface area contributed by atoms with Crippen LogP contribution >= 0.6 is 11.3 Å². The van der Waals surface area contributed by atoms with Crippen LogP contribution in [-0.4, -0.2) is 40.2 Å². The smallest absolute Gasteiger partial charge is 0.271 e. The molecule has 1 saturated heterocycles. The molecule has 1 amide bonds. The molecule has 0 unspecified atom stereocenters. The summed E-state index contributed by atoms with van der Waals surface area (Å²) in [5, 5.41) is 9.08. The molecule has 0 saturated carbocycles. The maximum atomic E-state index is 12.4. The van der Waals surface area contributed by atoms with Crippen molar-refractivity contribution in [1.29, 1.82) is 0 Å². The third-order valence-corrected chi connectivity index (χ3v) is 5.75. The molecule has 1 N–H and O–H groups in total. The van der Waals surface area contributed by atoms with Crippen LogP contribution in [0.4, 0.5) is 0 Å². The minimum absolute atomic E-state index is 0.184. The Kier molecular flexibility index (Phi) is 5.65. The lowest BCUT2D eigenvalue weighted by atomic mass is 9.97. The number of carbonyl (C=O) groups is 1. The summed E-state index contributed by atoms with van der Waals surface area (Å²) in [6.07, 6.45) is 2.39. The molecule has 2 aromatic rings. The molecule has 1 aliphatic heterocycles. The van der Waals surface area contributed by atoms with Gasteiger partial charge in [0, 0.05) is 24.5 Å². The van der Waals surface area contributed by atoms with E-state index in [0.29, 0.717) is 6.54 Å². The monoisotopic (exact) mass is 360 g/mol. The van der Waals surface area contributed by atoms with Gasteiger partial charge in [0.25, 0.3) is 11.5 Å². The molecule has 0 spiro atoms. The fourth-order valence-electron chi connectivity index (χ4n) is 3.13. The second kappa shape index (κ2) is 7.93. The fraction of sp³-hybridized carbons (Fsp3) is 0.500. The molecule has 2 aromatic heterocycles. The van der Waals surface area contributed by atoms with Gasteiger partial charge in [-0.3, -0.25) is 14.5 Å². The molecule has 1 aliphatic rings. The molecule has 6 nitrogen and oxygen atoms in total. The van der Waals surface area contributed by atoms with Crippen LogP contribution in [0.2, 0.25) is 0 Å². The van der Waals surface area contributed by atoms with E-state index in [1.165, 1.54) is 34.5 Å². The molecule has 0 radical (unpaired) electrons. The highest BCUT2D eigenvalue weighted by molar-refractivity contribution is 7.10. The Morgan fingerprint density at radius 3 is 2.76 bits per heavy atom. The van der Waals surface area contributed by atoms with Crippen molar-refractivity contribution < 1.29 is 4.79 Å². The third kappa shape index (κ3) is 4.35. The fourth-order valence-corrected chi connectivity index (χ4v) is 3.99. The molecule has 0 bridgehead atoms. The van der Waals surface area contributed by atoms with E-state index in [0.717, 1.165) is 19.0 Å². The Bertz CT molecular complexity index is 764. The molecule has 0 aliphatic carbocycles. The number of hydrogen-bond acceptors (Lipinski definition) is 5. The molecule has 0 aromatic carbocycles. The van der Waals surface area contributed by atoms with E-state index in [4.69, 9.17) is 0 Å². The highest BCUT2D eigenvalue weighted by atomic mass is 32.1. The van der Waals surface area contributed by atoms with Crippen molar-refractivity contribution in [3.8, 4) is 0 Å². The molecule has 3 heterocycles. The number of carbonyl (C=O) groups excluding carboxylic acids is 1. The van der Waals surface area contributed by atoms with Crippen molar-refractivity contribution in [3.63, 3.8) is 0 Å². The normalized spacial score (nSPS) is 17.4. The predicted molar refractivity (Wildman–Crippen MR) is 98.8 cm³/mol. The first-order valence-electron chi connectivity index (χ1n) is 8.64. The number of nitrogens with zero attached hydrogens (tertiary/aromatic N) is 3. The Morgan fingerprint density at radius 2 is 2.12 bits per heavy atom. The van der Waals surface area contributed by atoms with E-state index in [1.807, 2.05) is 0 Å². The van der Waals surface area contributed by atoms with Crippen LogP contribution in [-0.2, 0) is 7.05 Å². The van der Waals surface area contributed by atoms with Crippen molar-refractivity contribution in [2.24, 2.45) is 13.0 Å². The maximum Gasteiger partial charge on any atom is 0.271 e. The van der Waals surface area contributed by atoms with E-state index in [9.17, 15) is 9.59 Å². The Morgan fingerprint density at radius 1 is 1.36 bits per heavy atom. The van der Waals surface area contributed by atoms with Gasteiger partial charge in [0.2, 0.25) is 0 Å². The first kappa shape index (κ1) is 17.8. The summed E-state index contributed by atoms with van der Waals surface area (Å²) >= 11 is 1.72. The number of amides is 1. The van der Waals surface area contributed by atoms with Gasteiger partial charge in [-0.15, -0.1) is 11.3 Å². The number of likely N-dealkylation sites (tertiary alicyclic amines) is 1. The van der Waals surface area contributed by atoms with Gasteiger partial charge in [0.05, 0.1) is 6.04 Å². The van der Waals surface area contributed by atoms with E-state index in [1.54, 1.807) is 18.4 Å². The highest BCUT2D eigenvalue weighted by Gasteiger charge is 2.26. The van der Waals surface area contributed by atoms with Crippen LogP contribution in [0.25, 0.3) is 0 Å². The van der Waals surface area contributed by atoms with Crippen molar-refractivity contribution in [2.75, 3.05) is 19.6 Å². The van der Waals surface area contributed by atoms with Crippen molar-refractivity contribution in [3.05, 3.63) is 50.6 Å². The van der Waals surface area contributed by atoms with Gasteiger partial charge in [-0.1, -0.05) is 13.0 Å².